The molecule has 0 aromatic carbocycles. The molecule has 0 spiro atoms. The zero-order chi connectivity index (χ0) is 15.8. The highest BCUT2D eigenvalue weighted by Gasteiger charge is 2.31. The van der Waals surface area contributed by atoms with Crippen molar-refractivity contribution < 1.29 is 14.7 Å². The molecule has 0 rings (SSSR count). The van der Waals surface area contributed by atoms with Crippen molar-refractivity contribution in [2.75, 3.05) is 26.7 Å². The molecule has 0 fully saturated rings. The van der Waals surface area contributed by atoms with E-state index in [-0.39, 0.29) is 12.6 Å². The lowest BCUT2D eigenvalue weighted by molar-refractivity contribution is -0.147. The third kappa shape index (κ3) is 6.75. The summed E-state index contributed by atoms with van der Waals surface area (Å²) in [6.07, 6.45) is 1.34. The van der Waals surface area contributed by atoms with Crippen LogP contribution in [0.15, 0.2) is 0 Å². The van der Waals surface area contributed by atoms with Crippen LogP contribution in [-0.4, -0.2) is 54.7 Å². The van der Waals surface area contributed by atoms with Gasteiger partial charge in [0, 0.05) is 19.1 Å². The fraction of sp³-hybridized carbons (Fsp3) is 0.857. The summed E-state index contributed by atoms with van der Waals surface area (Å²) in [6.45, 7) is 9.31. The Balaban J connectivity index is 3.88. The van der Waals surface area contributed by atoms with Gasteiger partial charge in [0.05, 0.1) is 5.41 Å². The molecule has 20 heavy (non-hydrogen) atoms. The maximum absolute atomic E-state index is 11.6. The van der Waals surface area contributed by atoms with E-state index < -0.39 is 11.4 Å². The maximum atomic E-state index is 11.6. The molecule has 6 heteroatoms. The van der Waals surface area contributed by atoms with E-state index in [0.29, 0.717) is 19.0 Å². The number of carbonyl (C=O) groups is 2. The predicted octanol–water partition coefficient (Wildman–Crippen LogP) is 1.52. The second kappa shape index (κ2) is 8.79. The van der Waals surface area contributed by atoms with Crippen LogP contribution < -0.4 is 10.6 Å². The summed E-state index contributed by atoms with van der Waals surface area (Å²) in [5, 5.41) is 14.5. The number of urea groups is 1. The number of amides is 2. The van der Waals surface area contributed by atoms with Gasteiger partial charge < -0.3 is 20.6 Å². The van der Waals surface area contributed by atoms with Gasteiger partial charge in [0.25, 0.3) is 0 Å². The van der Waals surface area contributed by atoms with Gasteiger partial charge in [0.15, 0.2) is 0 Å². The first-order valence-electron chi connectivity index (χ1n) is 7.18. The lowest BCUT2D eigenvalue weighted by Gasteiger charge is -2.23. The first kappa shape index (κ1) is 18.7. The van der Waals surface area contributed by atoms with E-state index in [4.69, 9.17) is 5.11 Å². The number of nitrogens with one attached hydrogen (secondary N) is 2. The highest BCUT2D eigenvalue weighted by Crippen LogP contribution is 2.19. The normalized spacial score (nSPS) is 14.2. The summed E-state index contributed by atoms with van der Waals surface area (Å²) in [6, 6.07) is 0.183. The minimum Gasteiger partial charge on any atom is -0.481 e. The van der Waals surface area contributed by atoms with Crippen molar-refractivity contribution in [2.45, 2.75) is 46.6 Å². The van der Waals surface area contributed by atoms with E-state index in [1.165, 1.54) is 0 Å². The Morgan fingerprint density at radius 1 is 1.30 bits per heavy atom. The third-order valence-electron chi connectivity index (χ3n) is 3.79. The van der Waals surface area contributed by atoms with Gasteiger partial charge in [-0.15, -0.1) is 0 Å². The van der Waals surface area contributed by atoms with Crippen LogP contribution in [0.25, 0.3) is 0 Å². The number of hydrogen-bond acceptors (Lipinski definition) is 3. The predicted molar refractivity (Wildman–Crippen MR) is 79.8 cm³/mol. The number of carbonyl (C=O) groups excluding carboxylic acids is 1. The third-order valence-corrected chi connectivity index (χ3v) is 3.79. The summed E-state index contributed by atoms with van der Waals surface area (Å²) in [7, 11) is 2.05. The molecular formula is C14H29N3O3. The van der Waals surface area contributed by atoms with E-state index in [1.807, 2.05) is 7.05 Å². The molecule has 3 N–H and O–H groups in total. The van der Waals surface area contributed by atoms with Crippen molar-refractivity contribution in [3.63, 3.8) is 0 Å². The minimum atomic E-state index is -0.908. The minimum absolute atomic E-state index is 0.135. The molecule has 6 nitrogen and oxygen atoms in total. The Morgan fingerprint density at radius 3 is 2.35 bits per heavy atom. The summed E-state index contributed by atoms with van der Waals surface area (Å²) >= 11 is 0. The highest BCUT2D eigenvalue weighted by atomic mass is 16.4. The molecule has 0 bridgehead atoms. The zero-order valence-corrected chi connectivity index (χ0v) is 13.3. The molecule has 2 amide bonds. The maximum Gasteiger partial charge on any atom is 0.314 e. The first-order chi connectivity index (χ1) is 9.23. The Morgan fingerprint density at radius 2 is 1.90 bits per heavy atom. The molecule has 0 aliphatic carbocycles. The molecule has 0 aromatic rings. The van der Waals surface area contributed by atoms with E-state index in [0.717, 1.165) is 13.0 Å². The second-order valence-corrected chi connectivity index (χ2v) is 5.76. The van der Waals surface area contributed by atoms with Gasteiger partial charge in [-0.3, -0.25) is 4.79 Å². The van der Waals surface area contributed by atoms with Crippen LogP contribution in [0.5, 0.6) is 0 Å². The molecule has 0 aliphatic rings. The van der Waals surface area contributed by atoms with Gasteiger partial charge in [-0.2, -0.15) is 0 Å². The second-order valence-electron chi connectivity index (χ2n) is 5.76. The number of hydrogen-bond donors (Lipinski definition) is 3. The van der Waals surface area contributed by atoms with Crippen molar-refractivity contribution in [3.8, 4) is 0 Å². The van der Waals surface area contributed by atoms with E-state index in [2.05, 4.69) is 29.4 Å². The van der Waals surface area contributed by atoms with Crippen molar-refractivity contribution >= 4 is 12.0 Å². The van der Waals surface area contributed by atoms with Crippen molar-refractivity contribution in [1.82, 2.24) is 15.5 Å². The summed E-state index contributed by atoms with van der Waals surface area (Å²) < 4.78 is 0. The van der Waals surface area contributed by atoms with Gasteiger partial charge in [0.2, 0.25) is 0 Å². The number of aliphatic carboxylic acids is 1. The van der Waals surface area contributed by atoms with Crippen LogP contribution in [0.2, 0.25) is 0 Å². The van der Waals surface area contributed by atoms with Gasteiger partial charge >= 0.3 is 12.0 Å². The number of carboxylic acid groups (broad SMARTS) is 1. The molecule has 1 atom stereocenters. The number of nitrogens with zero attached hydrogens (tertiary/aromatic N) is 1. The van der Waals surface area contributed by atoms with Gasteiger partial charge in [0.1, 0.15) is 0 Å². The summed E-state index contributed by atoms with van der Waals surface area (Å²) in [4.78, 5) is 24.9. The smallest absolute Gasteiger partial charge is 0.314 e. The Kier molecular flexibility index (Phi) is 8.22. The van der Waals surface area contributed by atoms with Crippen LogP contribution in [0.3, 0.4) is 0 Å². The van der Waals surface area contributed by atoms with Crippen molar-refractivity contribution in [3.05, 3.63) is 0 Å². The van der Waals surface area contributed by atoms with Crippen molar-refractivity contribution in [2.24, 2.45) is 5.41 Å². The van der Waals surface area contributed by atoms with Crippen LogP contribution in [0.1, 0.15) is 40.5 Å². The van der Waals surface area contributed by atoms with Gasteiger partial charge in [-0.05, 0) is 47.2 Å². The fourth-order valence-corrected chi connectivity index (χ4v) is 1.48. The van der Waals surface area contributed by atoms with Gasteiger partial charge in [-0.1, -0.05) is 6.92 Å². The highest BCUT2D eigenvalue weighted by molar-refractivity contribution is 5.77. The Labute approximate surface area is 121 Å². The average Bonchev–Trinajstić information content (AvgIpc) is 2.40. The molecule has 1 unspecified atom stereocenters. The average molecular weight is 287 g/mol. The standard InChI is InChI=1S/C14H29N3O3/c1-6-14(4,12(18)19)10-16-13(20)15-8-7-9-17(5)11(2)3/h11H,6-10H2,1-5H3,(H,18,19)(H2,15,16,20). The van der Waals surface area contributed by atoms with E-state index >= 15 is 0 Å². The zero-order valence-electron chi connectivity index (χ0n) is 13.3. The van der Waals surface area contributed by atoms with Crippen molar-refractivity contribution in [1.29, 1.82) is 0 Å². The monoisotopic (exact) mass is 287 g/mol. The summed E-state index contributed by atoms with van der Waals surface area (Å²) in [5.74, 6) is -0.890. The van der Waals surface area contributed by atoms with Gasteiger partial charge in [-0.25, -0.2) is 4.79 Å². The van der Waals surface area contributed by atoms with E-state index in [1.54, 1.807) is 13.8 Å². The summed E-state index contributed by atoms with van der Waals surface area (Å²) in [5.41, 5.74) is -0.908. The number of rotatable bonds is 9. The number of carboxylic acids is 1. The first-order valence-corrected chi connectivity index (χ1v) is 7.18. The largest absolute Gasteiger partial charge is 0.481 e. The molecule has 0 saturated heterocycles. The molecule has 0 aromatic heterocycles. The Bertz CT molecular complexity index is 321. The van der Waals surface area contributed by atoms with E-state index in [9.17, 15) is 9.59 Å². The Hall–Kier alpha value is -1.30. The fourth-order valence-electron chi connectivity index (χ4n) is 1.48. The van der Waals surface area contributed by atoms with Crippen LogP contribution >= 0.6 is 0 Å². The molecule has 0 radical (unpaired) electrons. The molecular weight excluding hydrogens is 258 g/mol. The van der Waals surface area contributed by atoms with Crippen LogP contribution in [0, 0.1) is 5.41 Å². The topological polar surface area (TPSA) is 81.7 Å². The van der Waals surface area contributed by atoms with Crippen LogP contribution in [-0.2, 0) is 4.79 Å². The van der Waals surface area contributed by atoms with Crippen LogP contribution in [0.4, 0.5) is 4.79 Å². The lowest BCUT2D eigenvalue weighted by Crippen LogP contribution is -2.45. The molecule has 118 valence electrons. The molecule has 0 heterocycles. The SMILES string of the molecule is CCC(C)(CNC(=O)NCCCN(C)C(C)C)C(=O)O. The quantitative estimate of drug-likeness (QED) is 0.562. The molecule has 0 saturated carbocycles. The lowest BCUT2D eigenvalue weighted by atomic mass is 9.88. The molecule has 0 aliphatic heterocycles.